The summed E-state index contributed by atoms with van der Waals surface area (Å²) in [5.74, 6) is 3.97. The Labute approximate surface area is 380 Å². The minimum absolute atomic E-state index is 0.165. The van der Waals surface area contributed by atoms with Gasteiger partial charge in [0.05, 0.1) is 17.1 Å². The van der Waals surface area contributed by atoms with Crippen molar-refractivity contribution in [2.75, 3.05) is 34.5 Å². The number of hydrogen-bond acceptors (Lipinski definition) is 12. The lowest BCUT2D eigenvalue weighted by atomic mass is 9.81. The van der Waals surface area contributed by atoms with Crippen molar-refractivity contribution in [2.45, 2.75) is 116 Å². The maximum absolute atomic E-state index is 14.3. The van der Waals surface area contributed by atoms with Gasteiger partial charge in [0.1, 0.15) is 72.6 Å². The van der Waals surface area contributed by atoms with E-state index in [-0.39, 0.29) is 73.1 Å². The van der Waals surface area contributed by atoms with Crippen LogP contribution in [0, 0.1) is 35.2 Å². The van der Waals surface area contributed by atoms with Crippen molar-refractivity contribution in [2.24, 2.45) is 33.1 Å². The monoisotopic (exact) mass is 909 g/mol. The van der Waals surface area contributed by atoms with Gasteiger partial charge in [-0.3, -0.25) is 14.4 Å². The third-order valence-electron chi connectivity index (χ3n) is 14.5. The molecule has 3 atom stereocenters. The second kappa shape index (κ2) is 17.8. The molecule has 3 fully saturated rings. The molecule has 3 aromatic rings. The number of carbonyl (C=O) groups excluding carboxylic acids is 3. The van der Waals surface area contributed by atoms with Crippen LogP contribution in [-0.2, 0) is 33.6 Å². The Morgan fingerprint density at radius 3 is 1.00 bits per heavy atom. The number of anilines is 3. The second-order valence-corrected chi connectivity index (χ2v) is 18.8. The van der Waals surface area contributed by atoms with Crippen LogP contribution in [0.4, 0.5) is 30.2 Å². The molecule has 18 heteroatoms. The summed E-state index contributed by atoms with van der Waals surface area (Å²) < 4.78 is 59.6. The van der Waals surface area contributed by atoms with Gasteiger partial charge < -0.3 is 28.9 Å². The third-order valence-corrected chi connectivity index (χ3v) is 14.5. The Hall–Kier alpha value is -6.33. The fourth-order valence-electron chi connectivity index (χ4n) is 9.76. The molecular weight excluding hydrogens is 856 g/mol. The molecular formula is C48H54F3N9O6. The van der Waals surface area contributed by atoms with Gasteiger partial charge in [0.15, 0.2) is 17.5 Å². The summed E-state index contributed by atoms with van der Waals surface area (Å²) in [4.78, 5) is 41.2. The maximum Gasteiger partial charge on any atom is 0.262 e. The standard InChI is InChI=1S/3C16H18FN3O2/c3*1-9-16(21)19-18-15-8-22-14-7-12(17)11(5-10-3-2-4-10)6-13(14)20(9)15/h3*6-7,9-10H,2-5,8H2,1H3,(H,19,21)/t2*9-;/m10./s1. The number of benzene rings is 3. The molecule has 6 heterocycles. The SMILES string of the molecule is CC1C(=O)NN=C2COc3cc(F)c(CC4CCC4)cc3N21.C[C@@H]1C(=O)NN=C2COc3cc(F)c(CC4CCC4)cc3N21.C[C@H]1C(=O)NN=C2COc3cc(F)c(CC4CCC4)cc3N21. The summed E-state index contributed by atoms with van der Waals surface area (Å²) >= 11 is 0. The first kappa shape index (κ1) is 43.6. The van der Waals surface area contributed by atoms with E-state index in [0.29, 0.717) is 69.2 Å². The van der Waals surface area contributed by atoms with Gasteiger partial charge in [0.2, 0.25) is 0 Å². The van der Waals surface area contributed by atoms with Crippen molar-refractivity contribution in [3.8, 4) is 17.2 Å². The number of rotatable bonds is 6. The van der Waals surface area contributed by atoms with Gasteiger partial charge in [0.25, 0.3) is 17.7 Å². The van der Waals surface area contributed by atoms with Crippen molar-refractivity contribution in [1.29, 1.82) is 0 Å². The smallest absolute Gasteiger partial charge is 0.262 e. The second-order valence-electron chi connectivity index (χ2n) is 18.8. The fourth-order valence-corrected chi connectivity index (χ4v) is 9.76. The van der Waals surface area contributed by atoms with E-state index in [2.05, 4.69) is 31.6 Å². The molecule has 3 N–H and O–H groups in total. The summed E-state index contributed by atoms with van der Waals surface area (Å²) in [5.41, 5.74) is 11.8. The van der Waals surface area contributed by atoms with Crippen molar-refractivity contribution < 1.29 is 41.8 Å². The number of halogens is 3. The number of hydrogen-bond donors (Lipinski definition) is 3. The summed E-state index contributed by atoms with van der Waals surface area (Å²) in [5, 5.41) is 12.1. The number of nitrogens with zero attached hydrogens (tertiary/aromatic N) is 6. The minimum Gasteiger partial charge on any atom is -0.483 e. The van der Waals surface area contributed by atoms with Gasteiger partial charge in [0, 0.05) is 18.2 Å². The summed E-state index contributed by atoms with van der Waals surface area (Å²) in [7, 11) is 0. The highest BCUT2D eigenvalue weighted by molar-refractivity contribution is 6.11. The first-order valence-corrected chi connectivity index (χ1v) is 23.2. The average Bonchev–Trinajstić information content (AvgIpc) is 3.26. The van der Waals surface area contributed by atoms with Gasteiger partial charge >= 0.3 is 0 Å². The third kappa shape index (κ3) is 8.27. The first-order chi connectivity index (χ1) is 31.9. The highest BCUT2D eigenvalue weighted by atomic mass is 19.1. The van der Waals surface area contributed by atoms with Crippen LogP contribution in [0.2, 0.25) is 0 Å². The Morgan fingerprint density at radius 1 is 0.485 bits per heavy atom. The van der Waals surface area contributed by atoms with Crippen LogP contribution >= 0.6 is 0 Å². The number of amides is 3. The first-order valence-electron chi connectivity index (χ1n) is 23.2. The molecule has 3 saturated carbocycles. The lowest BCUT2D eigenvalue weighted by Gasteiger charge is -2.38. The van der Waals surface area contributed by atoms with Gasteiger partial charge in [-0.1, -0.05) is 57.8 Å². The minimum atomic E-state index is -0.378. The maximum atomic E-state index is 14.3. The topological polar surface area (TPSA) is 162 Å². The van der Waals surface area contributed by atoms with E-state index in [1.807, 2.05) is 53.7 Å². The predicted octanol–water partition coefficient (Wildman–Crippen LogP) is 6.60. The number of fused-ring (bicyclic) bond motifs is 9. The molecule has 0 bridgehead atoms. The summed E-state index contributed by atoms with van der Waals surface area (Å²) in [6.45, 7) is 6.15. The Morgan fingerprint density at radius 2 is 0.758 bits per heavy atom. The molecule has 3 aromatic carbocycles. The molecule has 0 radical (unpaired) electrons. The molecule has 3 aliphatic carbocycles. The van der Waals surface area contributed by atoms with Crippen LogP contribution in [0.5, 0.6) is 17.2 Å². The van der Waals surface area contributed by atoms with E-state index < -0.39 is 0 Å². The number of hydrazone groups is 3. The van der Waals surface area contributed by atoms with E-state index in [0.717, 1.165) is 36.3 Å². The summed E-state index contributed by atoms with van der Waals surface area (Å²) in [6, 6.07) is 8.68. The molecule has 348 valence electrons. The van der Waals surface area contributed by atoms with Gasteiger partial charge in [-0.2, -0.15) is 15.3 Å². The predicted molar refractivity (Wildman–Crippen MR) is 241 cm³/mol. The highest BCUT2D eigenvalue weighted by Crippen LogP contribution is 2.42. The lowest BCUT2D eigenvalue weighted by molar-refractivity contribution is -0.123. The van der Waals surface area contributed by atoms with Gasteiger partial charge in [-0.15, -0.1) is 0 Å². The Kier molecular flexibility index (Phi) is 11.8. The van der Waals surface area contributed by atoms with Crippen molar-refractivity contribution in [3.05, 3.63) is 70.5 Å². The summed E-state index contributed by atoms with van der Waals surface area (Å²) in [6.07, 6.45) is 13.0. The Balaban J connectivity index is 0.000000116. The van der Waals surface area contributed by atoms with Crippen LogP contribution in [-0.4, -0.2) is 73.2 Å². The quantitative estimate of drug-likeness (QED) is 0.248. The van der Waals surface area contributed by atoms with Crippen molar-refractivity contribution in [1.82, 2.24) is 16.3 Å². The van der Waals surface area contributed by atoms with Crippen LogP contribution < -0.4 is 45.2 Å². The number of carbonyl (C=O) groups is 3. The van der Waals surface area contributed by atoms with E-state index in [4.69, 9.17) is 14.2 Å². The molecule has 6 aliphatic heterocycles. The number of ether oxygens (including phenoxy) is 3. The van der Waals surface area contributed by atoms with Gasteiger partial charge in [-0.05, 0) is 92.7 Å². The molecule has 9 aliphatic rings. The van der Waals surface area contributed by atoms with E-state index in [9.17, 15) is 27.6 Å². The molecule has 0 spiro atoms. The van der Waals surface area contributed by atoms with E-state index in [1.165, 1.54) is 76.0 Å². The van der Waals surface area contributed by atoms with Crippen LogP contribution in [0.15, 0.2) is 51.7 Å². The highest BCUT2D eigenvalue weighted by Gasteiger charge is 2.39. The van der Waals surface area contributed by atoms with Crippen LogP contribution in [0.1, 0.15) is 95.2 Å². The fraction of sp³-hybridized carbons (Fsp3) is 0.500. The number of amidine groups is 3. The molecule has 15 nitrogen and oxygen atoms in total. The molecule has 3 amide bonds. The van der Waals surface area contributed by atoms with E-state index >= 15 is 0 Å². The Bertz CT molecular complexity index is 2280. The van der Waals surface area contributed by atoms with Crippen LogP contribution in [0.3, 0.4) is 0 Å². The average molecular weight is 910 g/mol. The normalized spacial score (nSPS) is 23.7. The molecule has 1 unspecified atom stereocenters. The number of nitrogens with one attached hydrogen (secondary N) is 3. The molecule has 66 heavy (non-hydrogen) atoms. The van der Waals surface area contributed by atoms with Crippen molar-refractivity contribution >= 4 is 52.3 Å². The van der Waals surface area contributed by atoms with Crippen LogP contribution in [0.25, 0.3) is 0 Å². The zero-order valence-corrected chi connectivity index (χ0v) is 37.3. The van der Waals surface area contributed by atoms with Crippen molar-refractivity contribution in [3.63, 3.8) is 0 Å². The van der Waals surface area contributed by atoms with Gasteiger partial charge in [-0.25, -0.2) is 29.4 Å². The zero-order valence-electron chi connectivity index (χ0n) is 37.3. The molecule has 0 saturated heterocycles. The lowest BCUT2D eigenvalue weighted by Crippen LogP contribution is -2.55. The molecule has 12 rings (SSSR count). The van der Waals surface area contributed by atoms with E-state index in [1.54, 1.807) is 0 Å². The zero-order chi connectivity index (χ0) is 45.8. The largest absolute Gasteiger partial charge is 0.483 e. The molecule has 0 aromatic heterocycles.